The first-order valence-electron chi connectivity index (χ1n) is 7.09. The lowest BCUT2D eigenvalue weighted by atomic mass is 10.1. The van der Waals surface area contributed by atoms with Crippen LogP contribution < -0.4 is 0 Å². The van der Waals surface area contributed by atoms with Gasteiger partial charge < -0.3 is 4.90 Å². The van der Waals surface area contributed by atoms with Gasteiger partial charge in [-0.2, -0.15) is 0 Å². The number of hydrogen-bond acceptors (Lipinski definition) is 1. The van der Waals surface area contributed by atoms with E-state index in [2.05, 4.69) is 49.1 Å². The van der Waals surface area contributed by atoms with Crippen LogP contribution in [0, 0.1) is 0 Å². The maximum Gasteiger partial charge on any atom is 0.0823 e. The maximum atomic E-state index is 5.61. The molecule has 0 aliphatic rings. The zero-order chi connectivity index (χ0) is 13.2. The van der Waals surface area contributed by atoms with Gasteiger partial charge in [-0.25, -0.2) is 0 Å². The fraction of sp³-hybridized carbons (Fsp3) is 0.562. The first-order chi connectivity index (χ1) is 8.77. The van der Waals surface area contributed by atoms with E-state index in [-0.39, 0.29) is 0 Å². The van der Waals surface area contributed by atoms with E-state index in [1.807, 2.05) is 0 Å². The van der Waals surface area contributed by atoms with Crippen LogP contribution in [0.5, 0.6) is 0 Å². The summed E-state index contributed by atoms with van der Waals surface area (Å²) in [5.74, 6) is 0. The highest BCUT2D eigenvalue weighted by Crippen LogP contribution is 2.07. The molecule has 100 valence electrons. The molecule has 0 saturated carbocycles. The van der Waals surface area contributed by atoms with Crippen molar-refractivity contribution in [1.29, 1.82) is 0 Å². The van der Waals surface area contributed by atoms with E-state index in [1.165, 1.54) is 31.2 Å². The molecular weight excluding hydrogens is 238 g/mol. The second kappa shape index (κ2) is 9.09. The van der Waals surface area contributed by atoms with E-state index in [0.29, 0.717) is 0 Å². The predicted molar refractivity (Wildman–Crippen MR) is 84.1 cm³/mol. The van der Waals surface area contributed by atoms with E-state index in [9.17, 15) is 0 Å². The van der Waals surface area contributed by atoms with Crippen LogP contribution in [0.1, 0.15) is 45.1 Å². The van der Waals surface area contributed by atoms with Crippen molar-refractivity contribution in [2.75, 3.05) is 13.1 Å². The summed E-state index contributed by atoms with van der Waals surface area (Å²) in [6.45, 7) is 6.70. The minimum Gasteiger partial charge on any atom is -0.366 e. The number of hydrogen-bond donors (Lipinski definition) is 0. The Morgan fingerprint density at radius 1 is 1.00 bits per heavy atom. The lowest BCUT2D eigenvalue weighted by Crippen LogP contribution is -2.32. The Hall–Kier alpha value is -0.890. The average molecular weight is 263 g/mol. The summed E-state index contributed by atoms with van der Waals surface area (Å²) in [5.41, 5.74) is 1.32. The third-order valence-electron chi connectivity index (χ3n) is 3.11. The highest BCUT2D eigenvalue weighted by Gasteiger charge is 2.09. The van der Waals surface area contributed by atoms with Crippen LogP contribution >= 0.6 is 12.2 Å². The molecule has 1 aromatic rings. The van der Waals surface area contributed by atoms with E-state index in [0.717, 1.165) is 24.5 Å². The lowest BCUT2D eigenvalue weighted by molar-refractivity contribution is 0.399. The molecule has 0 aliphatic carbocycles. The van der Waals surface area contributed by atoms with Gasteiger partial charge in [0.05, 0.1) is 4.99 Å². The zero-order valence-corrected chi connectivity index (χ0v) is 12.5. The Bertz CT molecular complexity index is 326. The first kappa shape index (κ1) is 15.2. The summed E-state index contributed by atoms with van der Waals surface area (Å²) in [6, 6.07) is 10.5. The van der Waals surface area contributed by atoms with Crippen LogP contribution in [-0.4, -0.2) is 23.0 Å². The molecule has 0 aliphatic heterocycles. The van der Waals surface area contributed by atoms with Gasteiger partial charge in [0.15, 0.2) is 0 Å². The Labute approximate surface area is 117 Å². The third-order valence-corrected chi connectivity index (χ3v) is 3.52. The van der Waals surface area contributed by atoms with E-state index < -0.39 is 0 Å². The normalized spacial score (nSPS) is 10.3. The van der Waals surface area contributed by atoms with Gasteiger partial charge in [-0.3, -0.25) is 0 Å². The molecule has 2 heteroatoms. The van der Waals surface area contributed by atoms with Crippen molar-refractivity contribution in [2.24, 2.45) is 0 Å². The summed E-state index contributed by atoms with van der Waals surface area (Å²) < 4.78 is 0. The number of nitrogens with zero attached hydrogens (tertiary/aromatic N) is 1. The van der Waals surface area contributed by atoms with Crippen LogP contribution in [0.4, 0.5) is 0 Å². The quantitative estimate of drug-likeness (QED) is 0.637. The number of rotatable bonds is 8. The molecule has 0 saturated heterocycles. The predicted octanol–water partition coefficient (Wildman–Crippen LogP) is 4.46. The molecule has 0 heterocycles. The van der Waals surface area contributed by atoms with Crippen LogP contribution in [0.2, 0.25) is 0 Å². The summed E-state index contributed by atoms with van der Waals surface area (Å²) in [5, 5.41) is 0. The van der Waals surface area contributed by atoms with E-state index in [4.69, 9.17) is 12.2 Å². The molecule has 0 fully saturated rings. The number of unbranched alkanes of at least 4 members (excludes halogenated alkanes) is 2. The summed E-state index contributed by atoms with van der Waals surface area (Å²) in [7, 11) is 0. The molecule has 1 aromatic carbocycles. The number of thiocarbonyl (C=S) groups is 1. The van der Waals surface area contributed by atoms with Gasteiger partial charge >= 0.3 is 0 Å². The van der Waals surface area contributed by atoms with Gasteiger partial charge in [0.25, 0.3) is 0 Å². The van der Waals surface area contributed by atoms with E-state index >= 15 is 0 Å². The Balaban J connectivity index is 2.52. The molecule has 0 spiro atoms. The monoisotopic (exact) mass is 263 g/mol. The topological polar surface area (TPSA) is 3.24 Å². The molecule has 1 rings (SSSR count). The van der Waals surface area contributed by atoms with E-state index in [1.54, 1.807) is 0 Å². The Morgan fingerprint density at radius 3 is 2.06 bits per heavy atom. The minimum atomic E-state index is 0.906. The van der Waals surface area contributed by atoms with Crippen LogP contribution in [-0.2, 0) is 6.42 Å². The SMILES string of the molecule is CCCCN(CCCC)C(=S)Cc1ccccc1. The van der Waals surface area contributed by atoms with Crippen LogP contribution in [0.25, 0.3) is 0 Å². The number of benzene rings is 1. The molecule has 0 atom stereocenters. The molecule has 0 N–H and O–H groups in total. The second-order valence-electron chi connectivity index (χ2n) is 4.75. The summed E-state index contributed by atoms with van der Waals surface area (Å²) in [6.07, 6.45) is 5.84. The smallest absolute Gasteiger partial charge is 0.0823 e. The van der Waals surface area contributed by atoms with Crippen molar-refractivity contribution in [2.45, 2.75) is 46.0 Å². The Kier molecular flexibility index (Phi) is 7.66. The van der Waals surface area contributed by atoms with Crippen molar-refractivity contribution in [3.63, 3.8) is 0 Å². The fourth-order valence-electron chi connectivity index (χ4n) is 1.94. The largest absolute Gasteiger partial charge is 0.366 e. The summed E-state index contributed by atoms with van der Waals surface area (Å²) in [4.78, 5) is 3.50. The van der Waals surface area contributed by atoms with Crippen molar-refractivity contribution < 1.29 is 0 Å². The highest BCUT2D eigenvalue weighted by atomic mass is 32.1. The molecule has 1 nitrogen and oxygen atoms in total. The minimum absolute atomic E-state index is 0.906. The van der Waals surface area contributed by atoms with Gasteiger partial charge in [-0.1, -0.05) is 69.2 Å². The fourth-order valence-corrected chi connectivity index (χ4v) is 2.29. The average Bonchev–Trinajstić information content (AvgIpc) is 2.40. The van der Waals surface area contributed by atoms with Crippen LogP contribution in [0.15, 0.2) is 30.3 Å². The standard InChI is InChI=1S/C16H25NS/c1-3-5-12-17(13-6-4-2)16(18)14-15-10-8-7-9-11-15/h7-11H,3-6,12-14H2,1-2H3. The van der Waals surface area contributed by atoms with Gasteiger partial charge in [-0.05, 0) is 18.4 Å². The van der Waals surface area contributed by atoms with Gasteiger partial charge in [0.1, 0.15) is 0 Å². The summed E-state index contributed by atoms with van der Waals surface area (Å²) >= 11 is 5.61. The lowest BCUT2D eigenvalue weighted by Gasteiger charge is -2.25. The van der Waals surface area contributed by atoms with Crippen molar-refractivity contribution in [1.82, 2.24) is 4.90 Å². The molecule has 0 amide bonds. The third kappa shape index (κ3) is 5.63. The molecule has 0 radical (unpaired) electrons. The molecule has 0 unspecified atom stereocenters. The second-order valence-corrected chi connectivity index (χ2v) is 5.22. The molecule has 18 heavy (non-hydrogen) atoms. The highest BCUT2D eigenvalue weighted by molar-refractivity contribution is 7.80. The van der Waals surface area contributed by atoms with Crippen molar-refractivity contribution in [3.05, 3.63) is 35.9 Å². The Morgan fingerprint density at radius 2 is 1.56 bits per heavy atom. The van der Waals surface area contributed by atoms with Crippen molar-refractivity contribution >= 4 is 17.2 Å². The van der Waals surface area contributed by atoms with Gasteiger partial charge in [0, 0.05) is 19.5 Å². The molecule has 0 aromatic heterocycles. The van der Waals surface area contributed by atoms with Gasteiger partial charge in [-0.15, -0.1) is 0 Å². The van der Waals surface area contributed by atoms with Gasteiger partial charge in [0.2, 0.25) is 0 Å². The molecular formula is C16H25NS. The molecule has 0 bridgehead atoms. The first-order valence-corrected chi connectivity index (χ1v) is 7.50. The maximum absolute atomic E-state index is 5.61. The zero-order valence-electron chi connectivity index (χ0n) is 11.7. The van der Waals surface area contributed by atoms with Crippen molar-refractivity contribution in [3.8, 4) is 0 Å². The van der Waals surface area contributed by atoms with Crippen LogP contribution in [0.3, 0.4) is 0 Å².